The summed E-state index contributed by atoms with van der Waals surface area (Å²) in [6.07, 6.45) is 1.97. The van der Waals surface area contributed by atoms with Crippen molar-refractivity contribution < 1.29 is 28.1 Å². The molecule has 0 spiro atoms. The number of carbonyl (C=O) groups is 3. The van der Waals surface area contributed by atoms with Crippen molar-refractivity contribution in [2.45, 2.75) is 19.4 Å². The predicted octanol–water partition coefficient (Wildman–Crippen LogP) is 1.65. The van der Waals surface area contributed by atoms with Crippen molar-refractivity contribution in [1.29, 1.82) is 0 Å². The molecule has 0 unspecified atom stereocenters. The quantitative estimate of drug-likeness (QED) is 0.554. The standard InChI is InChI=1S/C16H17N3O6/c1-18-9-14(20)19(16(18)22)6-2-5-15(21)24-10-11-8-13(25-17-11)12-4-3-7-23-12/h3-4,7-8H,2,5-6,9-10H2,1H3. The molecule has 0 bridgehead atoms. The van der Waals surface area contributed by atoms with Crippen LogP contribution in [0.5, 0.6) is 0 Å². The van der Waals surface area contributed by atoms with Gasteiger partial charge in [0.25, 0.3) is 0 Å². The molecule has 132 valence electrons. The highest BCUT2D eigenvalue weighted by atomic mass is 16.5. The van der Waals surface area contributed by atoms with Gasteiger partial charge >= 0.3 is 12.0 Å². The fraction of sp³-hybridized carbons (Fsp3) is 0.375. The van der Waals surface area contributed by atoms with Crippen molar-refractivity contribution in [3.63, 3.8) is 0 Å². The molecule has 3 heterocycles. The molecule has 1 aliphatic rings. The zero-order valence-corrected chi connectivity index (χ0v) is 13.6. The summed E-state index contributed by atoms with van der Waals surface area (Å²) in [7, 11) is 1.56. The zero-order valence-electron chi connectivity index (χ0n) is 13.6. The smallest absolute Gasteiger partial charge is 0.326 e. The molecule has 9 nitrogen and oxygen atoms in total. The summed E-state index contributed by atoms with van der Waals surface area (Å²) in [5, 5.41) is 3.80. The molecular weight excluding hydrogens is 330 g/mol. The number of carbonyl (C=O) groups excluding carboxylic acids is 3. The van der Waals surface area contributed by atoms with Crippen LogP contribution in [0.15, 0.2) is 33.4 Å². The number of amides is 3. The molecule has 1 aliphatic heterocycles. The Hall–Kier alpha value is -3.10. The lowest BCUT2D eigenvalue weighted by atomic mass is 10.3. The number of ether oxygens (including phenoxy) is 1. The molecule has 9 heteroatoms. The van der Waals surface area contributed by atoms with Crippen LogP contribution in [0.4, 0.5) is 4.79 Å². The number of likely N-dealkylation sites (N-methyl/N-ethyl adjacent to an activating group) is 1. The SMILES string of the molecule is CN1CC(=O)N(CCCC(=O)OCc2cc(-c3ccco3)on2)C1=O. The molecule has 0 aliphatic carbocycles. The van der Waals surface area contributed by atoms with Gasteiger partial charge in [-0.15, -0.1) is 0 Å². The molecule has 2 aromatic heterocycles. The lowest BCUT2D eigenvalue weighted by Gasteiger charge is -2.13. The molecular formula is C16H17N3O6. The number of nitrogens with zero attached hydrogens (tertiary/aromatic N) is 3. The first kappa shape index (κ1) is 16.7. The summed E-state index contributed by atoms with van der Waals surface area (Å²) < 4.78 is 15.4. The summed E-state index contributed by atoms with van der Waals surface area (Å²) in [5.74, 6) is 0.296. The maximum atomic E-state index is 11.8. The van der Waals surface area contributed by atoms with Gasteiger partial charge in [0.2, 0.25) is 11.7 Å². The highest BCUT2D eigenvalue weighted by Gasteiger charge is 2.32. The fourth-order valence-corrected chi connectivity index (χ4v) is 2.41. The third-order valence-electron chi connectivity index (χ3n) is 3.70. The molecule has 0 radical (unpaired) electrons. The molecule has 3 rings (SSSR count). The van der Waals surface area contributed by atoms with Gasteiger partial charge in [0.05, 0.1) is 6.26 Å². The van der Waals surface area contributed by atoms with Crippen LogP contribution < -0.4 is 0 Å². The number of rotatable bonds is 7. The van der Waals surface area contributed by atoms with Gasteiger partial charge in [-0.1, -0.05) is 5.16 Å². The van der Waals surface area contributed by atoms with Gasteiger partial charge in [-0.05, 0) is 18.6 Å². The van der Waals surface area contributed by atoms with Crippen LogP contribution in [-0.2, 0) is 20.9 Å². The van der Waals surface area contributed by atoms with E-state index in [0.717, 1.165) is 4.90 Å². The maximum Gasteiger partial charge on any atom is 0.326 e. The van der Waals surface area contributed by atoms with E-state index in [1.807, 2.05) is 0 Å². The minimum atomic E-state index is -0.435. The maximum absolute atomic E-state index is 11.8. The molecule has 3 amide bonds. The van der Waals surface area contributed by atoms with Gasteiger partial charge in [-0.25, -0.2) is 4.79 Å². The first-order valence-electron chi connectivity index (χ1n) is 7.75. The fourth-order valence-electron chi connectivity index (χ4n) is 2.41. The van der Waals surface area contributed by atoms with E-state index in [0.29, 0.717) is 23.6 Å². The summed E-state index contributed by atoms with van der Waals surface area (Å²) >= 11 is 0. The summed E-state index contributed by atoms with van der Waals surface area (Å²) in [6, 6.07) is 4.75. The van der Waals surface area contributed by atoms with E-state index in [-0.39, 0.29) is 38.1 Å². The Morgan fingerprint density at radius 1 is 1.36 bits per heavy atom. The molecule has 1 saturated heterocycles. The summed E-state index contributed by atoms with van der Waals surface area (Å²) in [5.41, 5.74) is 0.464. The van der Waals surface area contributed by atoms with Crippen molar-refractivity contribution in [2.75, 3.05) is 20.1 Å². The average molecular weight is 347 g/mol. The van der Waals surface area contributed by atoms with E-state index < -0.39 is 5.97 Å². The number of hydrogen-bond donors (Lipinski definition) is 0. The van der Waals surface area contributed by atoms with Crippen LogP contribution in [0.2, 0.25) is 0 Å². The van der Waals surface area contributed by atoms with Gasteiger partial charge in [-0.3, -0.25) is 14.5 Å². The molecule has 0 aromatic carbocycles. The van der Waals surface area contributed by atoms with E-state index in [2.05, 4.69) is 5.16 Å². The van der Waals surface area contributed by atoms with Crippen LogP contribution >= 0.6 is 0 Å². The van der Waals surface area contributed by atoms with Crippen LogP contribution in [0.3, 0.4) is 0 Å². The van der Waals surface area contributed by atoms with Gasteiger partial charge in [0.1, 0.15) is 18.8 Å². The average Bonchev–Trinajstić information content (AvgIpc) is 3.30. The van der Waals surface area contributed by atoms with E-state index in [9.17, 15) is 14.4 Å². The number of aromatic nitrogens is 1. The van der Waals surface area contributed by atoms with Crippen LogP contribution in [-0.4, -0.2) is 53.0 Å². The Bertz CT molecular complexity index is 767. The van der Waals surface area contributed by atoms with Crippen molar-refractivity contribution in [2.24, 2.45) is 0 Å². The molecule has 1 fully saturated rings. The van der Waals surface area contributed by atoms with Crippen LogP contribution in [0, 0.1) is 0 Å². The third-order valence-corrected chi connectivity index (χ3v) is 3.70. The third kappa shape index (κ3) is 3.87. The van der Waals surface area contributed by atoms with E-state index in [4.69, 9.17) is 13.7 Å². The van der Waals surface area contributed by atoms with E-state index in [1.54, 1.807) is 25.2 Å². The number of hydrogen-bond acceptors (Lipinski definition) is 7. The molecule has 25 heavy (non-hydrogen) atoms. The summed E-state index contributed by atoms with van der Waals surface area (Å²) in [4.78, 5) is 37.5. The number of imide groups is 1. The van der Waals surface area contributed by atoms with Crippen molar-refractivity contribution in [3.05, 3.63) is 30.2 Å². The minimum Gasteiger partial charge on any atom is -0.461 e. The Morgan fingerprint density at radius 3 is 2.88 bits per heavy atom. The predicted molar refractivity (Wildman–Crippen MR) is 83.0 cm³/mol. The van der Waals surface area contributed by atoms with Crippen molar-refractivity contribution in [3.8, 4) is 11.5 Å². The first-order valence-corrected chi connectivity index (χ1v) is 7.75. The van der Waals surface area contributed by atoms with Gasteiger partial charge in [0.15, 0.2) is 5.76 Å². The lowest BCUT2D eigenvalue weighted by Crippen LogP contribution is -2.32. The molecule has 0 saturated carbocycles. The Balaban J connectivity index is 1.40. The largest absolute Gasteiger partial charge is 0.461 e. The minimum absolute atomic E-state index is 0.0205. The zero-order chi connectivity index (χ0) is 17.8. The number of urea groups is 1. The van der Waals surface area contributed by atoms with Crippen LogP contribution in [0.1, 0.15) is 18.5 Å². The Kier molecular flexibility index (Phi) is 4.82. The lowest BCUT2D eigenvalue weighted by molar-refractivity contribution is -0.145. The van der Waals surface area contributed by atoms with Crippen molar-refractivity contribution in [1.82, 2.24) is 15.0 Å². The van der Waals surface area contributed by atoms with E-state index >= 15 is 0 Å². The summed E-state index contributed by atoms with van der Waals surface area (Å²) in [6.45, 7) is 0.254. The molecule has 0 atom stereocenters. The highest BCUT2D eigenvalue weighted by molar-refractivity contribution is 6.01. The number of furan rings is 1. The van der Waals surface area contributed by atoms with Crippen LogP contribution in [0.25, 0.3) is 11.5 Å². The normalized spacial score (nSPS) is 14.4. The van der Waals surface area contributed by atoms with Gasteiger partial charge in [0, 0.05) is 26.1 Å². The Morgan fingerprint density at radius 2 is 2.20 bits per heavy atom. The second-order valence-corrected chi connectivity index (χ2v) is 5.61. The number of esters is 1. The van der Waals surface area contributed by atoms with Crippen molar-refractivity contribution >= 4 is 17.9 Å². The topological polar surface area (TPSA) is 106 Å². The highest BCUT2D eigenvalue weighted by Crippen LogP contribution is 2.20. The first-order chi connectivity index (χ1) is 12.0. The van der Waals surface area contributed by atoms with Gasteiger partial charge in [-0.2, -0.15) is 0 Å². The van der Waals surface area contributed by atoms with E-state index in [1.165, 1.54) is 11.2 Å². The second kappa shape index (κ2) is 7.20. The molecule has 0 N–H and O–H groups in total. The van der Waals surface area contributed by atoms with Gasteiger partial charge < -0.3 is 18.6 Å². The monoisotopic (exact) mass is 347 g/mol. The Labute approximate surface area is 143 Å². The second-order valence-electron chi connectivity index (χ2n) is 5.61. The molecule has 2 aromatic rings.